The van der Waals surface area contributed by atoms with Gasteiger partial charge in [-0.1, -0.05) is 18.2 Å². The smallest absolute Gasteiger partial charge is 0.306 e. The van der Waals surface area contributed by atoms with E-state index in [1.807, 2.05) is 0 Å². The molecule has 1 saturated heterocycles. The Morgan fingerprint density at radius 2 is 1.89 bits per heavy atom. The Bertz CT molecular complexity index is 922. The summed E-state index contributed by atoms with van der Waals surface area (Å²) in [4.78, 5) is 36.5. The molecule has 2 aromatic rings. The van der Waals surface area contributed by atoms with Gasteiger partial charge in [-0.2, -0.15) is 0 Å². The van der Waals surface area contributed by atoms with Crippen molar-refractivity contribution in [1.29, 1.82) is 0 Å². The van der Waals surface area contributed by atoms with Crippen LogP contribution < -0.4 is 9.64 Å². The molecule has 1 fully saturated rings. The highest BCUT2D eigenvalue weighted by Gasteiger charge is 2.36. The van der Waals surface area contributed by atoms with Crippen molar-refractivity contribution in [1.82, 2.24) is 0 Å². The molecule has 2 N–H and O–H groups in total. The average Bonchev–Trinajstić information content (AvgIpc) is 2.89. The highest BCUT2D eigenvalue weighted by Crippen LogP contribution is 2.36. The lowest BCUT2D eigenvalue weighted by Crippen LogP contribution is -2.27. The maximum absolute atomic E-state index is 12.6. The Morgan fingerprint density at radius 1 is 1.15 bits per heavy atom. The first-order valence-electron chi connectivity index (χ1n) is 7.96. The number of phenols is 1. The minimum Gasteiger partial charge on any atom is -0.508 e. The number of amides is 2. The van der Waals surface area contributed by atoms with Gasteiger partial charge in [0.2, 0.25) is 0 Å². The number of imide groups is 1. The van der Waals surface area contributed by atoms with Gasteiger partial charge in [0.1, 0.15) is 11.5 Å². The van der Waals surface area contributed by atoms with Crippen LogP contribution in [-0.4, -0.2) is 33.9 Å². The number of benzene rings is 2. The lowest BCUT2D eigenvalue weighted by atomic mass is 10.2. The van der Waals surface area contributed by atoms with E-state index in [0.29, 0.717) is 17.0 Å². The molecule has 0 radical (unpaired) electrons. The van der Waals surface area contributed by atoms with E-state index in [-0.39, 0.29) is 23.7 Å². The third-order valence-electron chi connectivity index (χ3n) is 3.64. The van der Waals surface area contributed by atoms with Crippen molar-refractivity contribution < 1.29 is 29.3 Å². The summed E-state index contributed by atoms with van der Waals surface area (Å²) in [5.74, 6) is -0.915. The molecule has 0 unspecified atom stereocenters. The highest BCUT2D eigenvalue weighted by atomic mass is 32.2. The van der Waals surface area contributed by atoms with Crippen LogP contribution in [0.15, 0.2) is 53.4 Å². The second-order valence-electron chi connectivity index (χ2n) is 5.60. The van der Waals surface area contributed by atoms with Gasteiger partial charge in [0.25, 0.3) is 11.1 Å². The quantitative estimate of drug-likeness (QED) is 0.734. The molecule has 0 atom stereocenters. The Hall–Kier alpha value is -3.26. The predicted octanol–water partition coefficient (Wildman–Crippen LogP) is 3.49. The van der Waals surface area contributed by atoms with Crippen LogP contribution in [0, 0.1) is 0 Å². The lowest BCUT2D eigenvalue weighted by Gasteiger charge is -2.12. The number of ether oxygens (including phenoxy) is 1. The van der Waals surface area contributed by atoms with Gasteiger partial charge in [-0.3, -0.25) is 14.4 Å². The zero-order valence-electron chi connectivity index (χ0n) is 14.0. The topological polar surface area (TPSA) is 104 Å². The van der Waals surface area contributed by atoms with E-state index in [2.05, 4.69) is 0 Å². The van der Waals surface area contributed by atoms with Crippen molar-refractivity contribution in [3.05, 3.63) is 59.0 Å². The summed E-state index contributed by atoms with van der Waals surface area (Å²) in [5.41, 5.74) is 1.00. The number of thioether (sulfide) groups is 1. The number of hydrogen-bond acceptors (Lipinski definition) is 6. The fourth-order valence-corrected chi connectivity index (χ4v) is 3.23. The number of nitrogens with zero attached hydrogens (tertiary/aromatic N) is 1. The Balaban J connectivity index is 1.73. The molecule has 0 aromatic heterocycles. The van der Waals surface area contributed by atoms with Gasteiger partial charge in [-0.25, -0.2) is 4.90 Å². The van der Waals surface area contributed by atoms with E-state index in [9.17, 15) is 19.5 Å². The van der Waals surface area contributed by atoms with Crippen molar-refractivity contribution in [3.8, 4) is 11.5 Å². The molecule has 0 spiro atoms. The lowest BCUT2D eigenvalue weighted by molar-refractivity contribution is -0.137. The van der Waals surface area contributed by atoms with E-state index in [0.717, 1.165) is 16.7 Å². The zero-order chi connectivity index (χ0) is 19.4. The van der Waals surface area contributed by atoms with Crippen LogP contribution in [0.4, 0.5) is 10.5 Å². The van der Waals surface area contributed by atoms with Gasteiger partial charge >= 0.3 is 5.97 Å². The number of hydrogen-bond donors (Lipinski definition) is 2. The molecule has 2 aromatic carbocycles. The molecular weight excluding hydrogens is 370 g/mol. The number of phenolic OH excluding ortho intramolecular Hbond substituents is 1. The number of carboxylic acid groups (broad SMARTS) is 1. The summed E-state index contributed by atoms with van der Waals surface area (Å²) < 4.78 is 5.31. The van der Waals surface area contributed by atoms with Crippen LogP contribution in [0.1, 0.15) is 12.0 Å². The van der Waals surface area contributed by atoms with Gasteiger partial charge < -0.3 is 14.9 Å². The molecule has 1 aliphatic rings. The average molecular weight is 385 g/mol. The Kier molecular flexibility index (Phi) is 5.46. The fourth-order valence-electron chi connectivity index (χ4n) is 2.39. The van der Waals surface area contributed by atoms with Crippen LogP contribution in [0.2, 0.25) is 0 Å². The van der Waals surface area contributed by atoms with E-state index in [1.54, 1.807) is 42.5 Å². The third-order valence-corrected chi connectivity index (χ3v) is 4.51. The van der Waals surface area contributed by atoms with Crippen molar-refractivity contribution in [2.24, 2.45) is 0 Å². The summed E-state index contributed by atoms with van der Waals surface area (Å²) in [6.45, 7) is 0.0670. The zero-order valence-corrected chi connectivity index (χ0v) is 14.8. The summed E-state index contributed by atoms with van der Waals surface area (Å²) >= 11 is 0.819. The first-order chi connectivity index (χ1) is 12.9. The van der Waals surface area contributed by atoms with E-state index < -0.39 is 17.1 Å². The molecule has 3 rings (SSSR count). The van der Waals surface area contributed by atoms with Crippen LogP contribution >= 0.6 is 11.8 Å². The molecular formula is C19H15NO6S. The van der Waals surface area contributed by atoms with Crippen molar-refractivity contribution >= 4 is 40.6 Å². The summed E-state index contributed by atoms with van der Waals surface area (Å²) in [7, 11) is 0. The minimum atomic E-state index is -0.936. The van der Waals surface area contributed by atoms with Crippen LogP contribution in [0.3, 0.4) is 0 Å². The molecule has 2 amide bonds. The van der Waals surface area contributed by atoms with Crippen LogP contribution in [0.25, 0.3) is 6.08 Å². The summed E-state index contributed by atoms with van der Waals surface area (Å²) in [6.07, 6.45) is 1.50. The van der Waals surface area contributed by atoms with Crippen LogP contribution in [0.5, 0.6) is 11.5 Å². The molecule has 7 nitrogen and oxygen atoms in total. The predicted molar refractivity (Wildman–Crippen MR) is 101 cm³/mol. The molecule has 0 saturated carbocycles. The number of carbonyl (C=O) groups excluding carboxylic acids is 2. The number of anilines is 1. The molecule has 0 bridgehead atoms. The second-order valence-corrected chi connectivity index (χ2v) is 6.59. The SMILES string of the molecule is O=C(O)CCOc1ccc(/C=C2/SC(=O)N(c3cccc(O)c3)C2=O)cc1. The van der Waals surface area contributed by atoms with E-state index in [1.165, 1.54) is 12.1 Å². The number of aliphatic carboxylic acids is 1. The monoisotopic (exact) mass is 385 g/mol. The number of aromatic hydroxyl groups is 1. The van der Waals surface area contributed by atoms with Gasteiger partial charge in [0, 0.05) is 6.07 Å². The van der Waals surface area contributed by atoms with Gasteiger partial charge in [0.05, 0.1) is 23.6 Å². The molecule has 8 heteroatoms. The first kappa shape index (κ1) is 18.5. The first-order valence-corrected chi connectivity index (χ1v) is 8.77. The second kappa shape index (κ2) is 7.96. The fraction of sp³-hybridized carbons (Fsp3) is 0.105. The molecule has 27 heavy (non-hydrogen) atoms. The third kappa shape index (κ3) is 4.48. The van der Waals surface area contributed by atoms with E-state index in [4.69, 9.17) is 9.84 Å². The maximum atomic E-state index is 12.6. The molecule has 1 aliphatic heterocycles. The highest BCUT2D eigenvalue weighted by molar-refractivity contribution is 8.19. The van der Waals surface area contributed by atoms with Gasteiger partial charge in [-0.05, 0) is 47.7 Å². The van der Waals surface area contributed by atoms with Gasteiger partial charge in [0.15, 0.2) is 0 Å². The summed E-state index contributed by atoms with van der Waals surface area (Å²) in [5, 5.41) is 17.7. The summed E-state index contributed by atoms with van der Waals surface area (Å²) in [6, 6.07) is 12.7. The maximum Gasteiger partial charge on any atom is 0.306 e. The van der Waals surface area contributed by atoms with Crippen LogP contribution in [-0.2, 0) is 9.59 Å². The Morgan fingerprint density at radius 3 is 2.56 bits per heavy atom. The minimum absolute atomic E-state index is 0.0333. The van der Waals surface area contributed by atoms with Crippen molar-refractivity contribution in [2.75, 3.05) is 11.5 Å². The van der Waals surface area contributed by atoms with E-state index >= 15 is 0 Å². The Labute approximate surface area is 158 Å². The number of carboxylic acids is 1. The van der Waals surface area contributed by atoms with Gasteiger partial charge in [-0.15, -0.1) is 0 Å². The normalized spacial score (nSPS) is 15.4. The van der Waals surface area contributed by atoms with Crippen molar-refractivity contribution in [3.63, 3.8) is 0 Å². The largest absolute Gasteiger partial charge is 0.508 e. The molecule has 1 heterocycles. The number of rotatable bonds is 6. The molecule has 0 aliphatic carbocycles. The number of carbonyl (C=O) groups is 3. The van der Waals surface area contributed by atoms with Crippen molar-refractivity contribution in [2.45, 2.75) is 6.42 Å². The molecule has 138 valence electrons. The standard InChI is InChI=1S/C19H15NO6S/c21-14-3-1-2-13(11-14)20-18(24)16(27-19(20)25)10-12-4-6-15(7-5-12)26-9-8-17(22)23/h1-7,10-11,21H,8-9H2,(H,22,23)/b16-10+.